The maximum atomic E-state index is 8.95. The molecule has 2 rings (SSSR count). The van der Waals surface area contributed by atoms with Crippen LogP contribution in [0.15, 0.2) is 29.4 Å². The van der Waals surface area contributed by atoms with Gasteiger partial charge in [-0.25, -0.2) is 0 Å². The normalized spacial score (nSPS) is 11.1. The van der Waals surface area contributed by atoms with Gasteiger partial charge in [0.25, 0.3) is 0 Å². The van der Waals surface area contributed by atoms with Crippen LogP contribution in [-0.4, -0.2) is 39.3 Å². The number of hydrogen-bond donors (Lipinski definition) is 1. The molecule has 0 amide bonds. The van der Waals surface area contributed by atoms with Gasteiger partial charge in [0, 0.05) is 17.4 Å². The van der Waals surface area contributed by atoms with Crippen LogP contribution in [0.5, 0.6) is 5.75 Å². The lowest BCUT2D eigenvalue weighted by Crippen LogP contribution is -2.05. The molecule has 2 aromatic rings. The lowest BCUT2D eigenvalue weighted by atomic mass is 10.2. The number of thioether (sulfide) groups is 1. The average molecular weight is 293 g/mol. The summed E-state index contributed by atoms with van der Waals surface area (Å²) in [4.78, 5) is 0. The second-order valence-electron chi connectivity index (χ2n) is 4.57. The second kappa shape index (κ2) is 6.76. The minimum absolute atomic E-state index is 0.132. The molecule has 0 radical (unpaired) electrons. The van der Waals surface area contributed by atoms with Gasteiger partial charge in [-0.1, -0.05) is 11.8 Å². The molecule has 5 nitrogen and oxygen atoms in total. The Morgan fingerprint density at radius 2 is 1.95 bits per heavy atom. The van der Waals surface area contributed by atoms with Gasteiger partial charge >= 0.3 is 0 Å². The first-order valence-electron chi connectivity index (χ1n) is 6.50. The summed E-state index contributed by atoms with van der Waals surface area (Å²) in [6.45, 7) is 4.33. The summed E-state index contributed by atoms with van der Waals surface area (Å²) in [5.41, 5.74) is 1.00. The third kappa shape index (κ3) is 3.13. The van der Waals surface area contributed by atoms with Crippen molar-refractivity contribution in [3.05, 3.63) is 24.3 Å². The third-order valence-electron chi connectivity index (χ3n) is 2.85. The van der Waals surface area contributed by atoms with Gasteiger partial charge in [0.15, 0.2) is 11.0 Å². The van der Waals surface area contributed by atoms with Gasteiger partial charge in [-0.15, -0.1) is 10.2 Å². The van der Waals surface area contributed by atoms with Crippen molar-refractivity contribution >= 4 is 11.8 Å². The van der Waals surface area contributed by atoms with E-state index in [2.05, 4.69) is 28.6 Å². The summed E-state index contributed by atoms with van der Waals surface area (Å²) in [6.07, 6.45) is 0. The van der Waals surface area contributed by atoms with Gasteiger partial charge in [-0.05, 0) is 38.1 Å². The fourth-order valence-corrected chi connectivity index (χ4v) is 2.72. The molecule has 0 aliphatic heterocycles. The topological polar surface area (TPSA) is 60.2 Å². The summed E-state index contributed by atoms with van der Waals surface area (Å²) < 4.78 is 7.25. The Labute approximate surface area is 123 Å². The van der Waals surface area contributed by atoms with Crippen LogP contribution in [0.2, 0.25) is 0 Å². The molecule has 20 heavy (non-hydrogen) atoms. The van der Waals surface area contributed by atoms with Crippen LogP contribution >= 0.6 is 11.8 Å². The Kier molecular flexibility index (Phi) is 5.03. The van der Waals surface area contributed by atoms with E-state index in [0.29, 0.717) is 5.75 Å². The van der Waals surface area contributed by atoms with Crippen molar-refractivity contribution in [1.29, 1.82) is 0 Å². The monoisotopic (exact) mass is 293 g/mol. The lowest BCUT2D eigenvalue weighted by molar-refractivity contribution is 0.322. The first-order valence-corrected chi connectivity index (χ1v) is 7.49. The fraction of sp³-hybridized carbons (Fsp3) is 0.429. The van der Waals surface area contributed by atoms with Crippen LogP contribution in [0.3, 0.4) is 0 Å². The lowest BCUT2D eigenvalue weighted by Gasteiger charge is -2.13. The highest BCUT2D eigenvalue weighted by Gasteiger charge is 2.16. The van der Waals surface area contributed by atoms with E-state index in [4.69, 9.17) is 9.84 Å². The van der Waals surface area contributed by atoms with Gasteiger partial charge in [0.05, 0.1) is 13.7 Å². The molecule has 108 valence electrons. The Hall–Kier alpha value is -1.53. The molecule has 0 saturated heterocycles. The molecule has 1 aromatic heterocycles. The predicted octanol–water partition coefficient (Wildman–Crippen LogP) is 2.62. The molecule has 1 aromatic carbocycles. The van der Waals surface area contributed by atoms with Crippen molar-refractivity contribution in [2.24, 2.45) is 0 Å². The zero-order valence-corrected chi connectivity index (χ0v) is 12.7. The molecule has 0 spiro atoms. The van der Waals surface area contributed by atoms with Crippen molar-refractivity contribution in [2.45, 2.75) is 25.0 Å². The van der Waals surface area contributed by atoms with Gasteiger partial charge in [-0.2, -0.15) is 0 Å². The summed E-state index contributed by atoms with van der Waals surface area (Å²) in [7, 11) is 1.65. The van der Waals surface area contributed by atoms with Gasteiger partial charge in [-0.3, -0.25) is 4.57 Å². The van der Waals surface area contributed by atoms with E-state index in [9.17, 15) is 0 Å². The first-order chi connectivity index (χ1) is 9.67. The van der Waals surface area contributed by atoms with Gasteiger partial charge in [0.2, 0.25) is 0 Å². The smallest absolute Gasteiger partial charge is 0.191 e. The zero-order valence-electron chi connectivity index (χ0n) is 11.9. The number of benzene rings is 1. The molecule has 0 saturated carbocycles. The van der Waals surface area contributed by atoms with Crippen molar-refractivity contribution in [3.63, 3.8) is 0 Å². The number of nitrogens with zero attached hydrogens (tertiary/aromatic N) is 3. The van der Waals surface area contributed by atoms with Crippen LogP contribution in [0.1, 0.15) is 19.9 Å². The highest BCUT2D eigenvalue weighted by molar-refractivity contribution is 7.99. The van der Waals surface area contributed by atoms with Crippen molar-refractivity contribution in [3.8, 4) is 17.1 Å². The number of hydrogen-bond acceptors (Lipinski definition) is 5. The molecular formula is C14H19N3O2S. The zero-order chi connectivity index (χ0) is 14.5. The van der Waals surface area contributed by atoms with E-state index in [1.165, 1.54) is 11.8 Å². The molecule has 0 bridgehead atoms. The van der Waals surface area contributed by atoms with Crippen molar-refractivity contribution in [2.75, 3.05) is 19.5 Å². The van der Waals surface area contributed by atoms with Crippen molar-refractivity contribution in [1.82, 2.24) is 14.8 Å². The number of rotatable bonds is 6. The Morgan fingerprint density at radius 3 is 2.50 bits per heavy atom. The Balaban J connectivity index is 2.37. The Bertz CT molecular complexity index is 552. The number of methoxy groups -OCH3 is 1. The molecule has 0 atom stereocenters. The molecule has 0 aliphatic carbocycles. The SMILES string of the molecule is COc1ccc(-c2nnc(SCCO)n2C(C)C)cc1. The van der Waals surface area contributed by atoms with E-state index >= 15 is 0 Å². The summed E-state index contributed by atoms with van der Waals surface area (Å²) in [5.74, 6) is 2.27. The minimum atomic E-state index is 0.132. The van der Waals surface area contributed by atoms with Gasteiger partial charge in [0.1, 0.15) is 5.75 Å². The van der Waals surface area contributed by atoms with Crippen LogP contribution < -0.4 is 4.74 Å². The first kappa shape index (κ1) is 14.9. The van der Waals surface area contributed by atoms with Crippen LogP contribution in [0.4, 0.5) is 0 Å². The molecule has 0 aliphatic rings. The van der Waals surface area contributed by atoms with E-state index in [1.54, 1.807) is 7.11 Å². The number of ether oxygens (including phenoxy) is 1. The second-order valence-corrected chi connectivity index (χ2v) is 5.63. The fourth-order valence-electron chi connectivity index (χ4n) is 1.91. The molecular weight excluding hydrogens is 274 g/mol. The van der Waals surface area contributed by atoms with Gasteiger partial charge < -0.3 is 9.84 Å². The van der Waals surface area contributed by atoms with E-state index in [-0.39, 0.29) is 12.6 Å². The number of aliphatic hydroxyl groups is 1. The maximum Gasteiger partial charge on any atom is 0.191 e. The molecule has 1 heterocycles. The van der Waals surface area contributed by atoms with E-state index < -0.39 is 0 Å². The molecule has 0 fully saturated rings. The summed E-state index contributed by atoms with van der Waals surface area (Å²) in [5, 5.41) is 18.3. The predicted molar refractivity (Wildman–Crippen MR) is 80.2 cm³/mol. The Morgan fingerprint density at radius 1 is 1.25 bits per heavy atom. The van der Waals surface area contributed by atoms with E-state index in [0.717, 1.165) is 22.3 Å². The summed E-state index contributed by atoms with van der Waals surface area (Å²) in [6, 6.07) is 8.03. The standard InChI is InChI=1S/C14H19N3O2S/c1-10(2)17-13(15-16-14(17)20-9-8-18)11-4-6-12(19-3)7-5-11/h4-7,10,18H,8-9H2,1-3H3. The highest BCUT2D eigenvalue weighted by Crippen LogP contribution is 2.28. The van der Waals surface area contributed by atoms with E-state index in [1.807, 2.05) is 24.3 Å². The number of aromatic nitrogens is 3. The maximum absolute atomic E-state index is 8.95. The van der Waals surface area contributed by atoms with Crippen LogP contribution in [0.25, 0.3) is 11.4 Å². The quantitative estimate of drug-likeness (QED) is 0.830. The largest absolute Gasteiger partial charge is 0.497 e. The highest BCUT2D eigenvalue weighted by atomic mass is 32.2. The number of aliphatic hydroxyl groups excluding tert-OH is 1. The summed E-state index contributed by atoms with van der Waals surface area (Å²) >= 11 is 1.51. The molecule has 6 heteroatoms. The average Bonchev–Trinajstić information content (AvgIpc) is 2.89. The molecule has 1 N–H and O–H groups in total. The van der Waals surface area contributed by atoms with Crippen molar-refractivity contribution < 1.29 is 9.84 Å². The molecule has 0 unspecified atom stereocenters. The minimum Gasteiger partial charge on any atom is -0.497 e. The van der Waals surface area contributed by atoms with Crippen LogP contribution in [0, 0.1) is 0 Å². The third-order valence-corrected chi connectivity index (χ3v) is 3.77. The van der Waals surface area contributed by atoms with Crippen LogP contribution in [-0.2, 0) is 0 Å².